The lowest BCUT2D eigenvalue weighted by atomic mass is 10.1. The molecule has 2 amide bonds. The Morgan fingerprint density at radius 1 is 1.03 bits per heavy atom. The lowest BCUT2D eigenvalue weighted by molar-refractivity contribution is 0.194. The predicted molar refractivity (Wildman–Crippen MR) is 123 cm³/mol. The molecule has 7 heteroatoms. The summed E-state index contributed by atoms with van der Waals surface area (Å²) in [6, 6.07) is 24.9. The molecular formula is C25H25N5O2. The van der Waals surface area contributed by atoms with E-state index in [1.165, 1.54) is 6.33 Å². The molecule has 0 aliphatic carbocycles. The minimum Gasteiger partial charge on any atom is -0.457 e. The molecule has 0 aliphatic rings. The van der Waals surface area contributed by atoms with Gasteiger partial charge in [0.15, 0.2) is 0 Å². The lowest BCUT2D eigenvalue weighted by Crippen LogP contribution is -2.38. The van der Waals surface area contributed by atoms with Gasteiger partial charge in [-0.15, -0.1) is 0 Å². The van der Waals surface area contributed by atoms with Crippen LogP contribution in [0.4, 0.5) is 4.79 Å². The third kappa shape index (κ3) is 4.95. The zero-order valence-corrected chi connectivity index (χ0v) is 18.1. The Labute approximate surface area is 187 Å². The van der Waals surface area contributed by atoms with Crippen molar-refractivity contribution in [2.45, 2.75) is 19.5 Å². The van der Waals surface area contributed by atoms with Crippen molar-refractivity contribution in [3.05, 3.63) is 103 Å². The first kappa shape index (κ1) is 21.1. The van der Waals surface area contributed by atoms with Crippen molar-refractivity contribution >= 4 is 6.03 Å². The van der Waals surface area contributed by atoms with Crippen LogP contribution in [0, 0.1) is 0 Å². The van der Waals surface area contributed by atoms with Crippen LogP contribution in [-0.4, -0.2) is 32.7 Å². The van der Waals surface area contributed by atoms with E-state index < -0.39 is 0 Å². The number of aromatic nitrogens is 3. The van der Waals surface area contributed by atoms with E-state index in [2.05, 4.69) is 15.4 Å². The maximum absolute atomic E-state index is 12.8. The largest absolute Gasteiger partial charge is 0.457 e. The van der Waals surface area contributed by atoms with Crippen molar-refractivity contribution in [3.63, 3.8) is 0 Å². The molecule has 7 nitrogen and oxygen atoms in total. The maximum Gasteiger partial charge on any atom is 0.317 e. The van der Waals surface area contributed by atoms with Gasteiger partial charge in [-0.3, -0.25) is 0 Å². The molecular weight excluding hydrogens is 402 g/mol. The van der Waals surface area contributed by atoms with Crippen LogP contribution in [-0.2, 0) is 6.54 Å². The van der Waals surface area contributed by atoms with Gasteiger partial charge in [-0.2, -0.15) is 5.10 Å². The van der Waals surface area contributed by atoms with Crippen molar-refractivity contribution in [1.82, 2.24) is 25.0 Å². The summed E-state index contributed by atoms with van der Waals surface area (Å²) < 4.78 is 7.68. The molecule has 4 rings (SSSR count). The van der Waals surface area contributed by atoms with Gasteiger partial charge in [-0.05, 0) is 42.8 Å². The second-order valence-electron chi connectivity index (χ2n) is 7.40. The molecule has 32 heavy (non-hydrogen) atoms. The first-order valence-corrected chi connectivity index (χ1v) is 10.4. The highest BCUT2D eigenvalue weighted by Crippen LogP contribution is 2.25. The first-order chi connectivity index (χ1) is 15.6. The topological polar surface area (TPSA) is 72.3 Å². The van der Waals surface area contributed by atoms with E-state index in [9.17, 15) is 4.79 Å². The van der Waals surface area contributed by atoms with Crippen LogP contribution < -0.4 is 10.1 Å². The number of carbonyl (C=O) groups excluding carboxylic acids is 1. The third-order valence-electron chi connectivity index (χ3n) is 5.33. The summed E-state index contributed by atoms with van der Waals surface area (Å²) in [6.45, 7) is 2.36. The fourth-order valence-electron chi connectivity index (χ4n) is 3.31. The van der Waals surface area contributed by atoms with Crippen LogP contribution in [0.5, 0.6) is 11.5 Å². The smallest absolute Gasteiger partial charge is 0.317 e. The van der Waals surface area contributed by atoms with Crippen molar-refractivity contribution in [1.29, 1.82) is 0 Å². The maximum atomic E-state index is 12.8. The molecule has 0 saturated heterocycles. The van der Waals surface area contributed by atoms with Crippen molar-refractivity contribution in [3.8, 4) is 17.2 Å². The summed E-state index contributed by atoms with van der Waals surface area (Å²) in [5.74, 6) is 1.48. The van der Waals surface area contributed by atoms with Gasteiger partial charge in [-0.25, -0.2) is 14.5 Å². The molecule has 1 unspecified atom stereocenters. The number of benzene rings is 3. The monoisotopic (exact) mass is 427 g/mol. The predicted octanol–water partition coefficient (Wildman–Crippen LogP) is 4.96. The molecule has 0 spiro atoms. The Balaban J connectivity index is 1.38. The van der Waals surface area contributed by atoms with Gasteiger partial charge >= 0.3 is 6.03 Å². The highest BCUT2D eigenvalue weighted by Gasteiger charge is 2.18. The Morgan fingerprint density at radius 2 is 1.75 bits per heavy atom. The van der Waals surface area contributed by atoms with Crippen molar-refractivity contribution in [2.75, 3.05) is 7.05 Å². The quantitative estimate of drug-likeness (QED) is 0.452. The van der Waals surface area contributed by atoms with Gasteiger partial charge in [0, 0.05) is 19.2 Å². The Hall–Kier alpha value is -4.13. The van der Waals surface area contributed by atoms with Gasteiger partial charge < -0.3 is 15.0 Å². The van der Waals surface area contributed by atoms with Crippen molar-refractivity contribution < 1.29 is 9.53 Å². The number of rotatable bonds is 7. The molecule has 1 N–H and O–H groups in total. The first-order valence-electron chi connectivity index (χ1n) is 10.4. The minimum absolute atomic E-state index is 0.101. The average Bonchev–Trinajstić information content (AvgIpc) is 3.38. The van der Waals surface area contributed by atoms with E-state index in [0.29, 0.717) is 6.54 Å². The summed E-state index contributed by atoms with van der Waals surface area (Å²) in [6.07, 6.45) is 3.15. The highest BCUT2D eigenvalue weighted by molar-refractivity contribution is 5.74. The zero-order chi connectivity index (χ0) is 22.3. The summed E-state index contributed by atoms with van der Waals surface area (Å²) in [4.78, 5) is 18.5. The van der Waals surface area contributed by atoms with Crippen LogP contribution in [0.15, 0.2) is 91.5 Å². The highest BCUT2D eigenvalue weighted by atomic mass is 16.5. The SMILES string of the molecule is CC(c1ccc(-n2cncn2)cc1)N(C)C(=O)NCc1ccccc1Oc1ccccc1. The molecule has 0 fully saturated rings. The van der Waals surface area contributed by atoms with E-state index in [0.717, 1.165) is 28.3 Å². The van der Waals surface area contributed by atoms with Crippen LogP contribution >= 0.6 is 0 Å². The molecule has 3 aromatic carbocycles. The van der Waals surface area contributed by atoms with Gasteiger partial charge in [-0.1, -0.05) is 48.5 Å². The van der Waals surface area contributed by atoms with Crippen molar-refractivity contribution in [2.24, 2.45) is 0 Å². The second kappa shape index (κ2) is 9.78. The number of nitrogens with zero attached hydrogens (tertiary/aromatic N) is 4. The number of para-hydroxylation sites is 2. The Kier molecular flexibility index (Phi) is 6.46. The Bertz CT molecular complexity index is 1140. The van der Waals surface area contributed by atoms with E-state index in [1.807, 2.05) is 85.8 Å². The van der Waals surface area contributed by atoms with Gasteiger partial charge in [0.05, 0.1) is 11.7 Å². The number of amides is 2. The summed E-state index contributed by atoms with van der Waals surface area (Å²) >= 11 is 0. The Morgan fingerprint density at radius 3 is 2.47 bits per heavy atom. The standard InChI is InChI=1S/C25H25N5O2/c1-19(20-12-14-22(15-13-20)30-18-26-17-28-30)29(2)25(31)27-16-21-8-6-7-11-24(21)32-23-9-4-3-5-10-23/h3-15,17-19H,16H2,1-2H3,(H,27,31). The third-order valence-corrected chi connectivity index (χ3v) is 5.33. The van der Waals surface area contributed by atoms with Gasteiger partial charge in [0.25, 0.3) is 0 Å². The van der Waals surface area contributed by atoms with Crippen LogP contribution in [0.3, 0.4) is 0 Å². The van der Waals surface area contributed by atoms with E-state index in [-0.39, 0.29) is 12.1 Å². The molecule has 0 radical (unpaired) electrons. The van der Waals surface area contributed by atoms with Gasteiger partial charge in [0.2, 0.25) is 0 Å². The minimum atomic E-state index is -0.160. The number of hydrogen-bond acceptors (Lipinski definition) is 4. The van der Waals surface area contributed by atoms with Gasteiger partial charge in [0.1, 0.15) is 24.2 Å². The van der Waals surface area contributed by atoms with Crippen LogP contribution in [0.25, 0.3) is 5.69 Å². The fraction of sp³-hybridized carbons (Fsp3) is 0.160. The molecule has 0 bridgehead atoms. The average molecular weight is 428 g/mol. The summed E-state index contributed by atoms with van der Waals surface area (Å²) in [7, 11) is 1.79. The number of nitrogens with one attached hydrogen (secondary N) is 1. The molecule has 0 aliphatic heterocycles. The second-order valence-corrected chi connectivity index (χ2v) is 7.40. The molecule has 162 valence electrons. The summed E-state index contributed by atoms with van der Waals surface area (Å²) in [5.41, 5.74) is 2.85. The lowest BCUT2D eigenvalue weighted by Gasteiger charge is -2.26. The normalized spacial score (nSPS) is 11.6. The zero-order valence-electron chi connectivity index (χ0n) is 18.1. The van der Waals surface area contributed by atoms with Crippen LogP contribution in [0.1, 0.15) is 24.1 Å². The number of hydrogen-bond donors (Lipinski definition) is 1. The number of urea groups is 1. The van der Waals surface area contributed by atoms with E-state index in [1.54, 1.807) is 23.0 Å². The number of carbonyl (C=O) groups is 1. The van der Waals surface area contributed by atoms with E-state index >= 15 is 0 Å². The number of ether oxygens (including phenoxy) is 1. The summed E-state index contributed by atoms with van der Waals surface area (Å²) in [5, 5.41) is 7.13. The molecule has 4 aromatic rings. The van der Waals surface area contributed by atoms with E-state index in [4.69, 9.17) is 4.74 Å². The molecule has 1 aromatic heterocycles. The van der Waals surface area contributed by atoms with Crippen LogP contribution in [0.2, 0.25) is 0 Å². The fourth-order valence-corrected chi connectivity index (χ4v) is 3.31. The molecule has 1 heterocycles. The molecule has 1 atom stereocenters. The molecule has 0 saturated carbocycles.